The minimum atomic E-state index is -2.97. The number of hydrogen-bond acceptors (Lipinski definition) is 5. The first-order valence-electron chi connectivity index (χ1n) is 6.45. The molecule has 8 heteroatoms. The lowest BCUT2D eigenvalue weighted by Crippen LogP contribution is -2.44. The summed E-state index contributed by atoms with van der Waals surface area (Å²) >= 11 is 0. The first-order chi connectivity index (χ1) is 9.55. The van der Waals surface area contributed by atoms with Crippen LogP contribution in [0.15, 0.2) is 24.4 Å². The van der Waals surface area contributed by atoms with Crippen LogP contribution in [0.4, 0.5) is 10.6 Å². The fourth-order valence-electron chi connectivity index (χ4n) is 1.98. The summed E-state index contributed by atoms with van der Waals surface area (Å²) in [5.74, 6) is 0.933. The minimum absolute atomic E-state index is 0.0343. The Hall–Kier alpha value is -1.83. The zero-order valence-corrected chi connectivity index (χ0v) is 11.8. The molecule has 20 heavy (non-hydrogen) atoms. The maximum absolute atomic E-state index is 11.6. The van der Waals surface area contributed by atoms with Crippen LogP contribution in [0.25, 0.3) is 0 Å². The quantitative estimate of drug-likeness (QED) is 0.663. The summed E-state index contributed by atoms with van der Waals surface area (Å²) in [7, 11) is -2.97. The Bertz CT molecular complexity index is 547. The van der Waals surface area contributed by atoms with E-state index in [-0.39, 0.29) is 23.6 Å². The van der Waals surface area contributed by atoms with E-state index in [0.29, 0.717) is 19.5 Å². The summed E-state index contributed by atoms with van der Waals surface area (Å²) in [5, 5.41) is 8.39. The molecule has 1 aliphatic rings. The Morgan fingerprint density at radius 2 is 2.20 bits per heavy atom. The Labute approximate surface area is 118 Å². The molecule has 1 aromatic rings. The zero-order chi connectivity index (χ0) is 14.4. The average molecular weight is 298 g/mol. The molecule has 1 fully saturated rings. The van der Waals surface area contributed by atoms with Crippen molar-refractivity contribution < 1.29 is 13.2 Å². The van der Waals surface area contributed by atoms with Crippen molar-refractivity contribution >= 4 is 21.7 Å². The van der Waals surface area contributed by atoms with Crippen LogP contribution in [0.3, 0.4) is 0 Å². The number of nitrogens with one attached hydrogen (secondary N) is 3. The number of pyridine rings is 1. The van der Waals surface area contributed by atoms with Crippen LogP contribution in [0.5, 0.6) is 0 Å². The van der Waals surface area contributed by atoms with Gasteiger partial charge < -0.3 is 16.0 Å². The van der Waals surface area contributed by atoms with Crippen LogP contribution in [-0.2, 0) is 9.84 Å². The van der Waals surface area contributed by atoms with Gasteiger partial charge in [-0.25, -0.2) is 18.2 Å². The predicted octanol–water partition coefficient (Wildman–Crippen LogP) is -0.0202. The van der Waals surface area contributed by atoms with E-state index in [9.17, 15) is 13.2 Å². The van der Waals surface area contributed by atoms with Crippen molar-refractivity contribution in [2.24, 2.45) is 0 Å². The normalized spacial score (nSPS) is 20.3. The molecule has 0 aliphatic carbocycles. The van der Waals surface area contributed by atoms with Crippen LogP contribution in [-0.4, -0.2) is 50.1 Å². The van der Waals surface area contributed by atoms with Gasteiger partial charge in [0.25, 0.3) is 0 Å². The van der Waals surface area contributed by atoms with Gasteiger partial charge in [0, 0.05) is 25.3 Å². The molecule has 1 aromatic heterocycles. The van der Waals surface area contributed by atoms with Crippen molar-refractivity contribution in [3.63, 3.8) is 0 Å². The fraction of sp³-hybridized carbons (Fsp3) is 0.500. The lowest BCUT2D eigenvalue weighted by molar-refractivity contribution is 0.238. The number of sulfone groups is 1. The van der Waals surface area contributed by atoms with Crippen LogP contribution >= 0.6 is 0 Å². The van der Waals surface area contributed by atoms with Crippen LogP contribution < -0.4 is 16.0 Å². The van der Waals surface area contributed by atoms with Crippen molar-refractivity contribution in [3.05, 3.63) is 24.4 Å². The second-order valence-corrected chi connectivity index (χ2v) is 6.87. The molecule has 2 heterocycles. The Balaban J connectivity index is 1.61. The number of urea groups is 1. The molecule has 2 rings (SSSR count). The lowest BCUT2D eigenvalue weighted by atomic mass is 10.3. The smallest absolute Gasteiger partial charge is 0.315 e. The molecule has 1 aliphatic heterocycles. The molecule has 0 saturated carbocycles. The Morgan fingerprint density at radius 1 is 1.35 bits per heavy atom. The molecule has 2 amide bonds. The number of amides is 2. The molecule has 1 saturated heterocycles. The van der Waals surface area contributed by atoms with E-state index in [4.69, 9.17) is 0 Å². The van der Waals surface area contributed by atoms with E-state index in [2.05, 4.69) is 20.9 Å². The summed E-state index contributed by atoms with van der Waals surface area (Å²) in [5.41, 5.74) is 0. The van der Waals surface area contributed by atoms with Gasteiger partial charge in [0.05, 0.1) is 11.5 Å². The molecule has 0 aromatic carbocycles. The van der Waals surface area contributed by atoms with E-state index in [1.54, 1.807) is 6.20 Å². The van der Waals surface area contributed by atoms with Crippen molar-refractivity contribution in [1.29, 1.82) is 0 Å². The summed E-state index contributed by atoms with van der Waals surface area (Å²) in [6.45, 7) is 0.981. The Kier molecular flexibility index (Phi) is 4.78. The van der Waals surface area contributed by atoms with Gasteiger partial charge in [-0.3, -0.25) is 0 Å². The summed E-state index contributed by atoms with van der Waals surface area (Å²) < 4.78 is 22.5. The van der Waals surface area contributed by atoms with E-state index in [0.717, 1.165) is 5.82 Å². The van der Waals surface area contributed by atoms with Gasteiger partial charge in [-0.2, -0.15) is 0 Å². The molecule has 0 bridgehead atoms. The average Bonchev–Trinajstić information content (AvgIpc) is 2.75. The molecule has 0 radical (unpaired) electrons. The van der Waals surface area contributed by atoms with Gasteiger partial charge in [-0.1, -0.05) is 6.07 Å². The number of rotatable bonds is 5. The van der Waals surface area contributed by atoms with Crippen LogP contribution in [0.2, 0.25) is 0 Å². The van der Waals surface area contributed by atoms with E-state index in [1.807, 2.05) is 18.2 Å². The van der Waals surface area contributed by atoms with Gasteiger partial charge in [-0.15, -0.1) is 0 Å². The maximum atomic E-state index is 11.6. The summed E-state index contributed by atoms with van der Waals surface area (Å²) in [6, 6.07) is 4.92. The van der Waals surface area contributed by atoms with Gasteiger partial charge in [0.15, 0.2) is 9.84 Å². The predicted molar refractivity (Wildman–Crippen MR) is 76.3 cm³/mol. The highest BCUT2D eigenvalue weighted by Crippen LogP contribution is 2.10. The third kappa shape index (κ3) is 4.69. The molecule has 1 unspecified atom stereocenters. The zero-order valence-electron chi connectivity index (χ0n) is 11.0. The number of aromatic nitrogens is 1. The number of nitrogens with zero attached hydrogens (tertiary/aromatic N) is 1. The molecule has 7 nitrogen and oxygen atoms in total. The van der Waals surface area contributed by atoms with E-state index >= 15 is 0 Å². The van der Waals surface area contributed by atoms with Crippen LogP contribution in [0.1, 0.15) is 6.42 Å². The number of carbonyl (C=O) groups is 1. The monoisotopic (exact) mass is 298 g/mol. The lowest BCUT2D eigenvalue weighted by Gasteiger charge is -2.12. The van der Waals surface area contributed by atoms with Crippen LogP contribution in [0, 0.1) is 0 Å². The van der Waals surface area contributed by atoms with Gasteiger partial charge >= 0.3 is 6.03 Å². The highest BCUT2D eigenvalue weighted by Gasteiger charge is 2.28. The number of carbonyl (C=O) groups excluding carboxylic acids is 1. The first kappa shape index (κ1) is 14.6. The van der Waals surface area contributed by atoms with Gasteiger partial charge in [0.1, 0.15) is 5.82 Å². The van der Waals surface area contributed by atoms with Crippen molar-refractivity contribution in [3.8, 4) is 0 Å². The molecular formula is C12H18N4O3S. The fourth-order valence-corrected chi connectivity index (χ4v) is 3.65. The highest BCUT2D eigenvalue weighted by molar-refractivity contribution is 7.91. The molecule has 1 atom stereocenters. The van der Waals surface area contributed by atoms with Crippen molar-refractivity contribution in [1.82, 2.24) is 15.6 Å². The number of anilines is 1. The first-order valence-corrected chi connectivity index (χ1v) is 8.27. The van der Waals surface area contributed by atoms with Crippen molar-refractivity contribution in [2.75, 3.05) is 29.9 Å². The minimum Gasteiger partial charge on any atom is -0.368 e. The maximum Gasteiger partial charge on any atom is 0.315 e. The van der Waals surface area contributed by atoms with E-state index < -0.39 is 9.84 Å². The molecular weight excluding hydrogens is 280 g/mol. The third-order valence-corrected chi connectivity index (χ3v) is 4.72. The van der Waals surface area contributed by atoms with Gasteiger partial charge in [-0.05, 0) is 18.6 Å². The SMILES string of the molecule is O=C(NCCNc1ccccn1)NC1CCS(=O)(=O)C1. The standard InChI is InChI=1S/C12H18N4O3S/c17-12(16-10-4-8-20(18,19)9-10)15-7-6-14-11-3-1-2-5-13-11/h1-3,5,10H,4,6-9H2,(H,13,14)(H2,15,16,17). The van der Waals surface area contributed by atoms with Gasteiger partial charge in [0.2, 0.25) is 0 Å². The molecule has 0 spiro atoms. The largest absolute Gasteiger partial charge is 0.368 e. The second kappa shape index (κ2) is 6.56. The number of hydrogen-bond donors (Lipinski definition) is 3. The summed E-state index contributed by atoms with van der Waals surface area (Å²) in [6.07, 6.45) is 2.17. The third-order valence-electron chi connectivity index (χ3n) is 2.95. The van der Waals surface area contributed by atoms with Crippen molar-refractivity contribution in [2.45, 2.75) is 12.5 Å². The molecule has 110 valence electrons. The summed E-state index contributed by atoms with van der Waals surface area (Å²) in [4.78, 5) is 15.6. The highest BCUT2D eigenvalue weighted by atomic mass is 32.2. The van der Waals surface area contributed by atoms with E-state index in [1.165, 1.54) is 0 Å². The molecule has 3 N–H and O–H groups in total. The second-order valence-electron chi connectivity index (χ2n) is 4.64. The topological polar surface area (TPSA) is 100 Å². The Morgan fingerprint density at radius 3 is 2.85 bits per heavy atom.